The number of carbonyl (C=O) groups excluding carboxylic acids is 2. The standard InChI is InChI=1S/C10H16F3NO4/c1-3-18-9(16)7(2)14-8(15)4-5-17-6-10(11,12)13/h7H,3-6H2,1-2H3,(H,14,15). The SMILES string of the molecule is CCOC(=O)C(C)NC(=O)CCOCC(F)(F)F. The monoisotopic (exact) mass is 271 g/mol. The van der Waals surface area contributed by atoms with Crippen LogP contribution in [-0.2, 0) is 19.1 Å². The smallest absolute Gasteiger partial charge is 0.411 e. The topological polar surface area (TPSA) is 64.6 Å². The number of alkyl halides is 3. The van der Waals surface area contributed by atoms with E-state index in [0.29, 0.717) is 0 Å². The predicted molar refractivity (Wildman–Crippen MR) is 55.7 cm³/mol. The Kier molecular flexibility index (Phi) is 7.33. The Morgan fingerprint density at radius 3 is 2.44 bits per heavy atom. The lowest BCUT2D eigenvalue weighted by atomic mass is 10.3. The quantitative estimate of drug-likeness (QED) is 0.554. The first-order chi connectivity index (χ1) is 8.26. The fraction of sp³-hybridized carbons (Fsp3) is 0.800. The van der Waals surface area contributed by atoms with Crippen molar-refractivity contribution in [2.24, 2.45) is 0 Å². The van der Waals surface area contributed by atoms with E-state index in [4.69, 9.17) is 0 Å². The molecule has 0 aliphatic heterocycles. The highest BCUT2D eigenvalue weighted by atomic mass is 19.4. The van der Waals surface area contributed by atoms with Crippen LogP contribution in [0, 0.1) is 0 Å². The largest absolute Gasteiger partial charge is 0.464 e. The maximum absolute atomic E-state index is 11.7. The highest BCUT2D eigenvalue weighted by Crippen LogP contribution is 2.14. The molecule has 0 fully saturated rings. The Bertz CT molecular complexity index is 281. The second kappa shape index (κ2) is 7.91. The molecule has 0 radical (unpaired) electrons. The maximum atomic E-state index is 11.7. The third kappa shape index (κ3) is 8.80. The normalized spacial score (nSPS) is 12.9. The summed E-state index contributed by atoms with van der Waals surface area (Å²) in [5.74, 6) is -1.17. The number of amides is 1. The zero-order valence-corrected chi connectivity index (χ0v) is 10.2. The van der Waals surface area contributed by atoms with Gasteiger partial charge in [-0.1, -0.05) is 0 Å². The molecule has 1 unspecified atom stereocenters. The van der Waals surface area contributed by atoms with E-state index in [2.05, 4.69) is 14.8 Å². The molecule has 0 aromatic carbocycles. The van der Waals surface area contributed by atoms with Gasteiger partial charge in [0.25, 0.3) is 0 Å². The number of hydrogen-bond donors (Lipinski definition) is 1. The molecule has 5 nitrogen and oxygen atoms in total. The van der Waals surface area contributed by atoms with E-state index in [0.717, 1.165) is 0 Å². The molecule has 0 rings (SSSR count). The van der Waals surface area contributed by atoms with Gasteiger partial charge in [0, 0.05) is 6.42 Å². The predicted octanol–water partition coefficient (Wildman–Crippen LogP) is 1.02. The molecule has 0 aliphatic carbocycles. The number of rotatable bonds is 7. The fourth-order valence-corrected chi connectivity index (χ4v) is 0.993. The molecule has 0 saturated heterocycles. The first-order valence-corrected chi connectivity index (χ1v) is 5.36. The molecule has 0 spiro atoms. The number of hydrogen-bond acceptors (Lipinski definition) is 4. The van der Waals surface area contributed by atoms with Crippen LogP contribution in [0.4, 0.5) is 13.2 Å². The first-order valence-electron chi connectivity index (χ1n) is 5.36. The van der Waals surface area contributed by atoms with Crippen LogP contribution >= 0.6 is 0 Å². The minimum absolute atomic E-state index is 0.188. The molecule has 106 valence electrons. The average Bonchev–Trinajstić information content (AvgIpc) is 2.23. The van der Waals surface area contributed by atoms with Crippen molar-refractivity contribution < 1.29 is 32.2 Å². The van der Waals surface area contributed by atoms with Crippen molar-refractivity contribution in [3.05, 3.63) is 0 Å². The zero-order chi connectivity index (χ0) is 14.2. The molecule has 0 saturated carbocycles. The summed E-state index contributed by atoms with van der Waals surface area (Å²) in [7, 11) is 0. The molecule has 0 aromatic rings. The van der Waals surface area contributed by atoms with Gasteiger partial charge in [-0.25, -0.2) is 4.79 Å². The van der Waals surface area contributed by atoms with Gasteiger partial charge in [0.2, 0.25) is 5.91 Å². The van der Waals surface area contributed by atoms with Crippen molar-refractivity contribution in [2.45, 2.75) is 32.5 Å². The summed E-state index contributed by atoms with van der Waals surface area (Å²) in [5.41, 5.74) is 0. The van der Waals surface area contributed by atoms with Crippen LogP contribution in [0.2, 0.25) is 0 Å². The van der Waals surface area contributed by atoms with Crippen molar-refractivity contribution >= 4 is 11.9 Å². The Morgan fingerprint density at radius 2 is 1.94 bits per heavy atom. The molecular formula is C10H16F3NO4. The number of carbonyl (C=O) groups is 2. The summed E-state index contributed by atoms with van der Waals surface area (Å²) in [4.78, 5) is 22.3. The van der Waals surface area contributed by atoms with Crippen LogP contribution in [0.25, 0.3) is 0 Å². The summed E-state index contributed by atoms with van der Waals surface area (Å²) in [6.45, 7) is 1.48. The van der Waals surface area contributed by atoms with Gasteiger partial charge >= 0.3 is 12.1 Å². The fourth-order valence-electron chi connectivity index (χ4n) is 0.993. The van der Waals surface area contributed by atoms with Gasteiger partial charge < -0.3 is 14.8 Å². The molecule has 1 N–H and O–H groups in total. The van der Waals surface area contributed by atoms with Gasteiger partial charge in [-0.15, -0.1) is 0 Å². The molecule has 18 heavy (non-hydrogen) atoms. The minimum Gasteiger partial charge on any atom is -0.464 e. The Labute approximate surface area is 103 Å². The molecule has 0 aromatic heterocycles. The van der Waals surface area contributed by atoms with Crippen molar-refractivity contribution in [3.63, 3.8) is 0 Å². The second-order valence-corrected chi connectivity index (χ2v) is 3.46. The maximum Gasteiger partial charge on any atom is 0.411 e. The van der Waals surface area contributed by atoms with Gasteiger partial charge in [0.05, 0.1) is 13.2 Å². The van der Waals surface area contributed by atoms with E-state index < -0.39 is 30.7 Å². The van der Waals surface area contributed by atoms with E-state index in [1.807, 2.05) is 0 Å². The summed E-state index contributed by atoms with van der Waals surface area (Å²) < 4.78 is 44.0. The van der Waals surface area contributed by atoms with E-state index in [-0.39, 0.29) is 19.6 Å². The lowest BCUT2D eigenvalue weighted by Gasteiger charge is -2.12. The lowest BCUT2D eigenvalue weighted by molar-refractivity contribution is -0.174. The lowest BCUT2D eigenvalue weighted by Crippen LogP contribution is -2.40. The highest BCUT2D eigenvalue weighted by Gasteiger charge is 2.27. The zero-order valence-electron chi connectivity index (χ0n) is 10.2. The Hall–Kier alpha value is -1.31. The molecule has 0 aliphatic rings. The number of halogens is 3. The number of ether oxygens (including phenoxy) is 2. The van der Waals surface area contributed by atoms with Crippen LogP contribution in [0.5, 0.6) is 0 Å². The van der Waals surface area contributed by atoms with E-state index in [1.54, 1.807) is 6.92 Å². The first kappa shape index (κ1) is 16.7. The van der Waals surface area contributed by atoms with E-state index in [9.17, 15) is 22.8 Å². The van der Waals surface area contributed by atoms with Crippen molar-refractivity contribution in [1.82, 2.24) is 5.32 Å². The third-order valence-electron chi connectivity index (χ3n) is 1.76. The molecule has 1 atom stereocenters. The van der Waals surface area contributed by atoms with Crippen LogP contribution in [0.1, 0.15) is 20.3 Å². The molecule has 8 heteroatoms. The van der Waals surface area contributed by atoms with Gasteiger partial charge in [0.1, 0.15) is 12.6 Å². The molecule has 0 bridgehead atoms. The number of nitrogens with one attached hydrogen (secondary N) is 1. The van der Waals surface area contributed by atoms with E-state index in [1.165, 1.54) is 6.92 Å². The molecule has 1 amide bonds. The van der Waals surface area contributed by atoms with E-state index >= 15 is 0 Å². The summed E-state index contributed by atoms with van der Waals surface area (Å²) in [6.07, 6.45) is -4.66. The van der Waals surface area contributed by atoms with Crippen molar-refractivity contribution in [3.8, 4) is 0 Å². The summed E-state index contributed by atoms with van der Waals surface area (Å²) in [5, 5.41) is 2.29. The second-order valence-electron chi connectivity index (χ2n) is 3.46. The highest BCUT2D eigenvalue weighted by molar-refractivity contribution is 5.84. The van der Waals surface area contributed by atoms with Crippen LogP contribution < -0.4 is 5.32 Å². The Morgan fingerprint density at radius 1 is 1.33 bits per heavy atom. The van der Waals surface area contributed by atoms with Crippen molar-refractivity contribution in [2.75, 3.05) is 19.8 Å². The van der Waals surface area contributed by atoms with Crippen LogP contribution in [0.15, 0.2) is 0 Å². The van der Waals surface area contributed by atoms with Crippen LogP contribution in [0.3, 0.4) is 0 Å². The Balaban J connectivity index is 3.74. The van der Waals surface area contributed by atoms with Gasteiger partial charge in [-0.2, -0.15) is 13.2 Å². The average molecular weight is 271 g/mol. The van der Waals surface area contributed by atoms with Crippen molar-refractivity contribution in [1.29, 1.82) is 0 Å². The molecular weight excluding hydrogens is 255 g/mol. The third-order valence-corrected chi connectivity index (χ3v) is 1.76. The molecule has 0 heterocycles. The van der Waals surface area contributed by atoms with Gasteiger partial charge in [0.15, 0.2) is 0 Å². The summed E-state index contributed by atoms with van der Waals surface area (Å²) in [6, 6.07) is -0.833. The van der Waals surface area contributed by atoms with Gasteiger partial charge in [-0.3, -0.25) is 4.79 Å². The minimum atomic E-state index is -4.41. The van der Waals surface area contributed by atoms with Gasteiger partial charge in [-0.05, 0) is 13.8 Å². The van der Waals surface area contributed by atoms with Crippen LogP contribution in [-0.4, -0.2) is 43.9 Å². The summed E-state index contributed by atoms with van der Waals surface area (Å²) >= 11 is 0. The number of esters is 1.